The van der Waals surface area contributed by atoms with Crippen molar-refractivity contribution < 1.29 is 9.90 Å². The van der Waals surface area contributed by atoms with Crippen molar-refractivity contribution in [1.29, 1.82) is 0 Å². The van der Waals surface area contributed by atoms with Crippen molar-refractivity contribution >= 4 is 6.03 Å². The molecule has 0 aromatic carbocycles. The van der Waals surface area contributed by atoms with Gasteiger partial charge in [-0.05, 0) is 24.7 Å². The Balaban J connectivity index is 1.81. The van der Waals surface area contributed by atoms with E-state index in [-0.39, 0.29) is 18.1 Å². The molecular weight excluding hydrogens is 194 g/mol. The summed E-state index contributed by atoms with van der Waals surface area (Å²) in [6, 6.07) is -0.156. The Morgan fingerprint density at radius 1 is 1.60 bits per heavy atom. The van der Waals surface area contributed by atoms with Crippen LogP contribution in [0.4, 0.5) is 4.79 Å². The third kappa shape index (κ3) is 2.36. The lowest BCUT2D eigenvalue weighted by atomic mass is 10.0. The molecule has 15 heavy (non-hydrogen) atoms. The standard InChI is InChI=1S/C10H15N3O2/c14-6-3-10(1-2-10)7-12-9(15)13-5-4-11-8-13/h4-5,8,14H,1-3,6-7H2,(H,12,15). The number of carbonyl (C=O) groups excluding carboxylic acids is 1. The number of hydrogen-bond acceptors (Lipinski definition) is 3. The van der Waals surface area contributed by atoms with E-state index < -0.39 is 0 Å². The Kier molecular flexibility index (Phi) is 2.73. The van der Waals surface area contributed by atoms with Crippen LogP contribution in [0.2, 0.25) is 0 Å². The van der Waals surface area contributed by atoms with Crippen molar-refractivity contribution in [3.8, 4) is 0 Å². The van der Waals surface area contributed by atoms with Gasteiger partial charge in [0.05, 0.1) is 0 Å². The van der Waals surface area contributed by atoms with Crippen molar-refractivity contribution in [2.75, 3.05) is 13.2 Å². The molecule has 5 heteroatoms. The summed E-state index contributed by atoms with van der Waals surface area (Å²) in [6.45, 7) is 0.839. The quantitative estimate of drug-likeness (QED) is 0.763. The predicted molar refractivity (Wildman–Crippen MR) is 54.4 cm³/mol. The van der Waals surface area contributed by atoms with Crippen LogP contribution in [0.15, 0.2) is 18.7 Å². The fourth-order valence-corrected chi connectivity index (χ4v) is 1.66. The minimum absolute atomic E-state index is 0.156. The highest BCUT2D eigenvalue weighted by Crippen LogP contribution is 2.47. The molecule has 1 aromatic rings. The van der Waals surface area contributed by atoms with Gasteiger partial charge >= 0.3 is 6.03 Å². The van der Waals surface area contributed by atoms with E-state index in [1.165, 1.54) is 10.9 Å². The lowest BCUT2D eigenvalue weighted by Crippen LogP contribution is -2.33. The van der Waals surface area contributed by atoms with Crippen LogP contribution >= 0.6 is 0 Å². The largest absolute Gasteiger partial charge is 0.396 e. The fraction of sp³-hybridized carbons (Fsp3) is 0.600. The zero-order valence-corrected chi connectivity index (χ0v) is 8.52. The van der Waals surface area contributed by atoms with Gasteiger partial charge < -0.3 is 10.4 Å². The highest BCUT2D eigenvalue weighted by Gasteiger charge is 2.41. The van der Waals surface area contributed by atoms with Crippen LogP contribution in [0.1, 0.15) is 19.3 Å². The van der Waals surface area contributed by atoms with Gasteiger partial charge in [-0.1, -0.05) is 0 Å². The maximum Gasteiger partial charge on any atom is 0.326 e. The van der Waals surface area contributed by atoms with E-state index in [1.807, 2.05) is 0 Å². The molecule has 0 radical (unpaired) electrons. The summed E-state index contributed by atoms with van der Waals surface area (Å²) in [7, 11) is 0. The van der Waals surface area contributed by atoms with Crippen LogP contribution in [0, 0.1) is 5.41 Å². The number of aliphatic hydroxyl groups excluding tert-OH is 1. The summed E-state index contributed by atoms with van der Waals surface area (Å²) < 4.78 is 1.41. The number of amides is 1. The summed E-state index contributed by atoms with van der Waals surface area (Å²) in [5.74, 6) is 0. The Hall–Kier alpha value is -1.36. The molecule has 1 saturated carbocycles. The van der Waals surface area contributed by atoms with Crippen molar-refractivity contribution in [3.63, 3.8) is 0 Å². The fourth-order valence-electron chi connectivity index (χ4n) is 1.66. The molecule has 0 spiro atoms. The molecule has 1 aliphatic carbocycles. The summed E-state index contributed by atoms with van der Waals surface area (Å²) >= 11 is 0. The average molecular weight is 209 g/mol. The molecule has 0 aliphatic heterocycles. The molecule has 1 aliphatic rings. The SMILES string of the molecule is O=C(NCC1(CCO)CC1)n1ccnc1. The van der Waals surface area contributed by atoms with Crippen LogP contribution in [-0.4, -0.2) is 33.8 Å². The number of imidazole rings is 1. The average Bonchev–Trinajstić information content (AvgIpc) is 2.81. The molecule has 0 atom stereocenters. The normalized spacial score (nSPS) is 17.4. The first-order chi connectivity index (χ1) is 7.26. The lowest BCUT2D eigenvalue weighted by molar-refractivity contribution is 0.228. The summed E-state index contributed by atoms with van der Waals surface area (Å²) in [5, 5.41) is 11.7. The maximum atomic E-state index is 11.5. The lowest BCUT2D eigenvalue weighted by Gasteiger charge is -2.14. The van der Waals surface area contributed by atoms with E-state index in [4.69, 9.17) is 5.11 Å². The Bertz CT molecular complexity index is 330. The van der Waals surface area contributed by atoms with Crippen LogP contribution in [0.5, 0.6) is 0 Å². The van der Waals surface area contributed by atoms with E-state index in [0.29, 0.717) is 6.54 Å². The zero-order valence-electron chi connectivity index (χ0n) is 8.52. The molecule has 5 nitrogen and oxygen atoms in total. The second-order valence-electron chi connectivity index (χ2n) is 4.10. The van der Waals surface area contributed by atoms with Crippen LogP contribution < -0.4 is 5.32 Å². The van der Waals surface area contributed by atoms with Gasteiger partial charge in [0.15, 0.2) is 0 Å². The molecule has 1 heterocycles. The second-order valence-corrected chi connectivity index (χ2v) is 4.10. The minimum Gasteiger partial charge on any atom is -0.396 e. The van der Waals surface area contributed by atoms with Crippen molar-refractivity contribution in [1.82, 2.24) is 14.9 Å². The number of nitrogens with zero attached hydrogens (tertiary/aromatic N) is 2. The van der Waals surface area contributed by atoms with Gasteiger partial charge in [0.1, 0.15) is 6.33 Å². The Morgan fingerprint density at radius 2 is 2.40 bits per heavy atom. The van der Waals surface area contributed by atoms with E-state index in [1.54, 1.807) is 12.4 Å². The molecule has 1 fully saturated rings. The molecule has 1 aromatic heterocycles. The predicted octanol–water partition coefficient (Wildman–Crippen LogP) is 0.603. The summed E-state index contributed by atoms with van der Waals surface area (Å²) in [6.07, 6.45) is 7.62. The number of nitrogens with one attached hydrogen (secondary N) is 1. The second kappa shape index (κ2) is 4.02. The van der Waals surface area contributed by atoms with Gasteiger partial charge in [0.25, 0.3) is 0 Å². The summed E-state index contributed by atoms with van der Waals surface area (Å²) in [5.41, 5.74) is 0.158. The van der Waals surface area contributed by atoms with Gasteiger partial charge in [-0.2, -0.15) is 0 Å². The molecule has 2 rings (SSSR count). The van der Waals surface area contributed by atoms with E-state index in [9.17, 15) is 4.79 Å². The Labute approximate surface area is 88.1 Å². The van der Waals surface area contributed by atoms with Gasteiger partial charge in [-0.25, -0.2) is 9.78 Å². The zero-order chi connectivity index (χ0) is 10.7. The highest BCUT2D eigenvalue weighted by atomic mass is 16.3. The molecule has 82 valence electrons. The molecule has 0 bridgehead atoms. The van der Waals surface area contributed by atoms with Crippen LogP contribution in [-0.2, 0) is 0 Å². The number of aromatic nitrogens is 2. The Morgan fingerprint density at radius 3 is 2.93 bits per heavy atom. The molecule has 0 saturated heterocycles. The van der Waals surface area contributed by atoms with Crippen molar-refractivity contribution in [3.05, 3.63) is 18.7 Å². The minimum atomic E-state index is -0.156. The van der Waals surface area contributed by atoms with E-state index >= 15 is 0 Å². The van der Waals surface area contributed by atoms with E-state index in [0.717, 1.165) is 19.3 Å². The van der Waals surface area contributed by atoms with Gasteiger partial charge in [-0.15, -0.1) is 0 Å². The molecule has 1 amide bonds. The first-order valence-electron chi connectivity index (χ1n) is 5.13. The van der Waals surface area contributed by atoms with Crippen LogP contribution in [0.25, 0.3) is 0 Å². The number of rotatable bonds is 4. The third-order valence-electron chi connectivity index (χ3n) is 2.95. The van der Waals surface area contributed by atoms with Crippen LogP contribution in [0.3, 0.4) is 0 Å². The summed E-state index contributed by atoms with van der Waals surface area (Å²) in [4.78, 5) is 15.3. The first kappa shape index (κ1) is 10.2. The number of carbonyl (C=O) groups is 1. The topological polar surface area (TPSA) is 67.2 Å². The third-order valence-corrected chi connectivity index (χ3v) is 2.95. The van der Waals surface area contributed by atoms with Gasteiger partial charge in [0, 0.05) is 25.5 Å². The monoisotopic (exact) mass is 209 g/mol. The van der Waals surface area contributed by atoms with Crippen molar-refractivity contribution in [2.24, 2.45) is 5.41 Å². The van der Waals surface area contributed by atoms with E-state index in [2.05, 4.69) is 10.3 Å². The first-order valence-corrected chi connectivity index (χ1v) is 5.13. The maximum absolute atomic E-state index is 11.5. The van der Waals surface area contributed by atoms with Gasteiger partial charge in [0.2, 0.25) is 0 Å². The van der Waals surface area contributed by atoms with Crippen molar-refractivity contribution in [2.45, 2.75) is 19.3 Å². The van der Waals surface area contributed by atoms with Gasteiger partial charge in [-0.3, -0.25) is 4.57 Å². The highest BCUT2D eigenvalue weighted by molar-refractivity contribution is 5.76. The smallest absolute Gasteiger partial charge is 0.326 e. The molecule has 2 N–H and O–H groups in total. The number of hydrogen-bond donors (Lipinski definition) is 2. The molecule has 0 unspecified atom stereocenters. The number of aliphatic hydroxyl groups is 1. The molecular formula is C10H15N3O2.